The Hall–Kier alpha value is -1.28. The number of pyridine rings is 1. The van der Waals surface area contributed by atoms with Crippen LogP contribution in [-0.4, -0.2) is 11.5 Å². The van der Waals surface area contributed by atoms with Gasteiger partial charge in [-0.15, -0.1) is 0 Å². The Morgan fingerprint density at radius 1 is 1.33 bits per heavy atom. The van der Waals surface area contributed by atoms with Crippen molar-refractivity contribution in [2.24, 2.45) is 0 Å². The number of fused-ring (bicyclic) bond motifs is 1. The number of hydrogen-bond donors (Lipinski definition) is 1. The van der Waals surface area contributed by atoms with Crippen LogP contribution in [0.5, 0.6) is 0 Å². The third-order valence-electron chi connectivity index (χ3n) is 3.35. The van der Waals surface area contributed by atoms with E-state index in [0.717, 1.165) is 28.9 Å². The van der Waals surface area contributed by atoms with Gasteiger partial charge in [-0.1, -0.05) is 18.5 Å². The molecule has 0 saturated heterocycles. The lowest BCUT2D eigenvalue weighted by Gasteiger charge is -2.11. The fourth-order valence-electron chi connectivity index (χ4n) is 2.21. The molecule has 1 aliphatic rings. The molecule has 94 valence electrons. The second-order valence-electron chi connectivity index (χ2n) is 4.96. The monoisotopic (exact) mass is 260 g/mol. The highest BCUT2D eigenvalue weighted by molar-refractivity contribution is 6.31. The first kappa shape index (κ1) is 11.8. The van der Waals surface area contributed by atoms with Gasteiger partial charge in [0.25, 0.3) is 0 Å². The molecule has 0 radical (unpaired) electrons. The summed E-state index contributed by atoms with van der Waals surface area (Å²) in [5.74, 6) is 0.673. The van der Waals surface area contributed by atoms with E-state index in [0.29, 0.717) is 5.92 Å². The van der Waals surface area contributed by atoms with Gasteiger partial charge in [-0.3, -0.25) is 4.98 Å². The maximum absolute atomic E-state index is 6.08. The van der Waals surface area contributed by atoms with Gasteiger partial charge in [0.15, 0.2) is 0 Å². The number of benzene rings is 1. The number of nitrogens with one attached hydrogen (secondary N) is 1. The van der Waals surface area contributed by atoms with Crippen LogP contribution in [0, 0.1) is 0 Å². The van der Waals surface area contributed by atoms with Crippen LogP contribution in [0.1, 0.15) is 37.8 Å². The van der Waals surface area contributed by atoms with Gasteiger partial charge >= 0.3 is 0 Å². The second kappa shape index (κ2) is 4.77. The molecule has 0 bridgehead atoms. The van der Waals surface area contributed by atoms with E-state index < -0.39 is 0 Å². The molecule has 1 aromatic carbocycles. The molecule has 2 nitrogen and oxygen atoms in total. The fourth-order valence-corrected chi connectivity index (χ4v) is 2.38. The minimum absolute atomic E-state index is 0.673. The fraction of sp³-hybridized carbons (Fsp3) is 0.400. The Labute approximate surface area is 112 Å². The standard InChI is InChI=1S/C15H17ClN2/c1-2-7-17-15-9-14(10-3-4-10)18-13-6-5-11(16)8-12(13)15/h5-6,8-10H,2-4,7H2,1H3,(H,17,18). The third kappa shape index (κ3) is 2.30. The van der Waals surface area contributed by atoms with Crippen LogP contribution in [0.15, 0.2) is 24.3 Å². The predicted octanol–water partition coefficient (Wildman–Crippen LogP) is 4.59. The van der Waals surface area contributed by atoms with Crippen molar-refractivity contribution in [1.82, 2.24) is 4.98 Å². The Balaban J connectivity index is 2.11. The maximum Gasteiger partial charge on any atom is 0.0727 e. The second-order valence-corrected chi connectivity index (χ2v) is 5.39. The highest BCUT2D eigenvalue weighted by atomic mass is 35.5. The predicted molar refractivity (Wildman–Crippen MR) is 77.5 cm³/mol. The summed E-state index contributed by atoms with van der Waals surface area (Å²) in [7, 11) is 0. The molecule has 1 N–H and O–H groups in total. The van der Waals surface area contributed by atoms with Crippen molar-refractivity contribution in [3.8, 4) is 0 Å². The lowest BCUT2D eigenvalue weighted by atomic mass is 10.1. The topological polar surface area (TPSA) is 24.9 Å². The molecule has 0 atom stereocenters. The van der Waals surface area contributed by atoms with Gasteiger partial charge in [-0.25, -0.2) is 0 Å². The summed E-state index contributed by atoms with van der Waals surface area (Å²) >= 11 is 6.08. The Morgan fingerprint density at radius 3 is 2.89 bits per heavy atom. The minimum atomic E-state index is 0.673. The van der Waals surface area contributed by atoms with Crippen molar-refractivity contribution in [3.63, 3.8) is 0 Å². The van der Waals surface area contributed by atoms with Gasteiger partial charge in [0.2, 0.25) is 0 Å². The largest absolute Gasteiger partial charge is 0.384 e. The van der Waals surface area contributed by atoms with Crippen molar-refractivity contribution >= 4 is 28.2 Å². The first-order chi connectivity index (χ1) is 8.78. The van der Waals surface area contributed by atoms with Crippen molar-refractivity contribution in [2.75, 3.05) is 11.9 Å². The molecule has 1 aliphatic carbocycles. The molecule has 0 amide bonds. The summed E-state index contributed by atoms with van der Waals surface area (Å²) in [6, 6.07) is 8.13. The smallest absolute Gasteiger partial charge is 0.0727 e. The molecule has 0 spiro atoms. The average molecular weight is 261 g/mol. The third-order valence-corrected chi connectivity index (χ3v) is 3.59. The summed E-state index contributed by atoms with van der Waals surface area (Å²) in [6.07, 6.45) is 3.67. The molecule has 1 aromatic heterocycles. The molecule has 1 fully saturated rings. The highest BCUT2D eigenvalue weighted by Gasteiger charge is 2.25. The maximum atomic E-state index is 6.08. The lowest BCUT2D eigenvalue weighted by Crippen LogP contribution is -2.02. The van der Waals surface area contributed by atoms with E-state index in [1.165, 1.54) is 24.2 Å². The minimum Gasteiger partial charge on any atom is -0.384 e. The van der Waals surface area contributed by atoms with Gasteiger partial charge in [-0.05, 0) is 43.5 Å². The summed E-state index contributed by atoms with van der Waals surface area (Å²) in [5, 5.41) is 5.38. The van der Waals surface area contributed by atoms with E-state index in [1.807, 2.05) is 18.2 Å². The van der Waals surface area contributed by atoms with Gasteiger partial charge in [0, 0.05) is 34.3 Å². The normalized spacial score (nSPS) is 15.0. The van der Waals surface area contributed by atoms with Gasteiger partial charge < -0.3 is 5.32 Å². The quantitative estimate of drug-likeness (QED) is 0.870. The number of rotatable bonds is 4. The number of nitrogens with zero attached hydrogens (tertiary/aromatic N) is 1. The molecular formula is C15H17ClN2. The van der Waals surface area contributed by atoms with Crippen molar-refractivity contribution in [2.45, 2.75) is 32.1 Å². The number of anilines is 1. The number of hydrogen-bond acceptors (Lipinski definition) is 2. The van der Waals surface area contributed by atoms with Crippen LogP contribution >= 0.6 is 11.6 Å². The van der Waals surface area contributed by atoms with Crippen LogP contribution in [0.25, 0.3) is 10.9 Å². The number of halogens is 1. The molecule has 1 heterocycles. The van der Waals surface area contributed by atoms with Crippen molar-refractivity contribution < 1.29 is 0 Å². The van der Waals surface area contributed by atoms with Crippen LogP contribution in [0.3, 0.4) is 0 Å². The van der Waals surface area contributed by atoms with Crippen LogP contribution in [0.4, 0.5) is 5.69 Å². The summed E-state index contributed by atoms with van der Waals surface area (Å²) < 4.78 is 0. The molecule has 18 heavy (non-hydrogen) atoms. The zero-order chi connectivity index (χ0) is 12.5. The molecule has 0 aliphatic heterocycles. The molecule has 2 aromatic rings. The van der Waals surface area contributed by atoms with E-state index in [9.17, 15) is 0 Å². The van der Waals surface area contributed by atoms with Crippen molar-refractivity contribution in [3.05, 3.63) is 35.0 Å². The average Bonchev–Trinajstić information content (AvgIpc) is 3.20. The highest BCUT2D eigenvalue weighted by Crippen LogP contribution is 2.41. The van der Waals surface area contributed by atoms with Gasteiger partial charge in [-0.2, -0.15) is 0 Å². The zero-order valence-electron chi connectivity index (χ0n) is 10.5. The first-order valence-corrected chi connectivity index (χ1v) is 7.00. The van der Waals surface area contributed by atoms with E-state index in [4.69, 9.17) is 16.6 Å². The molecular weight excluding hydrogens is 244 g/mol. The Morgan fingerprint density at radius 2 is 2.17 bits per heavy atom. The van der Waals surface area contributed by atoms with Gasteiger partial charge in [0.1, 0.15) is 0 Å². The molecule has 0 unspecified atom stereocenters. The molecule has 3 heteroatoms. The van der Waals surface area contributed by atoms with Crippen LogP contribution < -0.4 is 5.32 Å². The van der Waals surface area contributed by atoms with E-state index in [-0.39, 0.29) is 0 Å². The zero-order valence-corrected chi connectivity index (χ0v) is 11.3. The van der Waals surface area contributed by atoms with Crippen LogP contribution in [0.2, 0.25) is 5.02 Å². The van der Waals surface area contributed by atoms with Crippen molar-refractivity contribution in [1.29, 1.82) is 0 Å². The van der Waals surface area contributed by atoms with Gasteiger partial charge in [0.05, 0.1) is 5.52 Å². The van der Waals surface area contributed by atoms with E-state index in [2.05, 4.69) is 18.3 Å². The molecule has 1 saturated carbocycles. The summed E-state index contributed by atoms with van der Waals surface area (Å²) in [5.41, 5.74) is 3.44. The Bertz CT molecular complexity index is 576. The summed E-state index contributed by atoms with van der Waals surface area (Å²) in [6.45, 7) is 3.15. The SMILES string of the molecule is CCCNc1cc(C2CC2)nc2ccc(Cl)cc12. The van der Waals surface area contributed by atoms with E-state index >= 15 is 0 Å². The summed E-state index contributed by atoms with van der Waals surface area (Å²) in [4.78, 5) is 4.75. The van der Waals surface area contributed by atoms with E-state index in [1.54, 1.807) is 0 Å². The Kier molecular flexibility index (Phi) is 3.13. The van der Waals surface area contributed by atoms with Crippen LogP contribution in [-0.2, 0) is 0 Å². The first-order valence-electron chi connectivity index (χ1n) is 6.62. The lowest BCUT2D eigenvalue weighted by molar-refractivity contribution is 0.976. The molecule has 3 rings (SSSR count). The number of aromatic nitrogens is 1.